The second-order valence-corrected chi connectivity index (χ2v) is 9.11. The van der Waals surface area contributed by atoms with Gasteiger partial charge < -0.3 is 0 Å². The van der Waals surface area contributed by atoms with Gasteiger partial charge in [0.15, 0.2) is 9.84 Å². The average Bonchev–Trinajstić information content (AvgIpc) is 2.72. The first-order valence-electron chi connectivity index (χ1n) is 6.89. The monoisotopic (exact) mass is 315 g/mol. The summed E-state index contributed by atoms with van der Waals surface area (Å²) >= 11 is 6.06. The van der Waals surface area contributed by atoms with Crippen LogP contribution in [0.25, 0.3) is 0 Å². The molecule has 1 aromatic carbocycles. The van der Waals surface area contributed by atoms with E-state index < -0.39 is 9.84 Å². The number of halogens is 1. The highest BCUT2D eigenvalue weighted by Gasteiger charge is 2.42. The van der Waals surface area contributed by atoms with Gasteiger partial charge in [-0.2, -0.15) is 0 Å². The molecule has 1 saturated heterocycles. The second-order valence-electron chi connectivity index (χ2n) is 6.51. The van der Waals surface area contributed by atoms with Gasteiger partial charge in [0.25, 0.3) is 0 Å². The van der Waals surface area contributed by atoms with E-state index in [0.29, 0.717) is 18.0 Å². The van der Waals surface area contributed by atoms with Crippen LogP contribution in [0.1, 0.15) is 34.1 Å². The van der Waals surface area contributed by atoms with Crippen LogP contribution in [0.15, 0.2) is 29.2 Å². The predicted molar refractivity (Wildman–Crippen MR) is 83.0 cm³/mol. The highest BCUT2D eigenvalue weighted by Crippen LogP contribution is 2.34. The first-order chi connectivity index (χ1) is 9.14. The maximum absolute atomic E-state index is 12.8. The van der Waals surface area contributed by atoms with E-state index in [1.165, 1.54) is 0 Å². The predicted octanol–water partition coefficient (Wildman–Crippen LogP) is 3.38. The van der Waals surface area contributed by atoms with Gasteiger partial charge in [0.2, 0.25) is 0 Å². The summed E-state index contributed by atoms with van der Waals surface area (Å²) in [5.41, 5.74) is -0.0236. The first-order valence-corrected chi connectivity index (χ1v) is 8.81. The Balaban J connectivity index is 2.32. The van der Waals surface area contributed by atoms with Gasteiger partial charge in [-0.15, -0.1) is 0 Å². The van der Waals surface area contributed by atoms with Crippen molar-refractivity contribution in [1.82, 2.24) is 4.90 Å². The van der Waals surface area contributed by atoms with Gasteiger partial charge in [0, 0.05) is 18.1 Å². The number of hydrogen-bond acceptors (Lipinski definition) is 3. The highest BCUT2D eigenvalue weighted by molar-refractivity contribution is 7.92. The van der Waals surface area contributed by atoms with Crippen LogP contribution in [0.4, 0.5) is 0 Å². The van der Waals surface area contributed by atoms with E-state index in [1.54, 1.807) is 24.3 Å². The Hall–Kier alpha value is -0.580. The number of likely N-dealkylation sites (tertiary alicyclic amines) is 1. The Labute approximate surface area is 126 Å². The van der Waals surface area contributed by atoms with Crippen LogP contribution >= 0.6 is 11.6 Å². The lowest BCUT2D eigenvalue weighted by Gasteiger charge is -2.35. The van der Waals surface area contributed by atoms with E-state index in [1.807, 2.05) is 0 Å². The number of hydrogen-bond donors (Lipinski definition) is 0. The molecular weight excluding hydrogens is 294 g/mol. The zero-order chi connectivity index (χ0) is 15.1. The molecule has 0 unspecified atom stereocenters. The Bertz CT molecular complexity index is 592. The lowest BCUT2D eigenvalue weighted by atomic mass is 10.1. The maximum Gasteiger partial charge on any atom is 0.184 e. The fraction of sp³-hybridized carbons (Fsp3) is 0.600. The lowest BCUT2D eigenvalue weighted by Crippen LogP contribution is -2.44. The lowest BCUT2D eigenvalue weighted by molar-refractivity contribution is 0.130. The molecule has 0 amide bonds. The molecule has 0 saturated carbocycles. The molecule has 0 aliphatic carbocycles. The summed E-state index contributed by atoms with van der Waals surface area (Å²) in [6, 6.07) is 6.96. The maximum atomic E-state index is 12.8. The molecule has 1 aromatic rings. The normalized spacial score (nSPS) is 25.1. The molecule has 1 aliphatic rings. The molecule has 20 heavy (non-hydrogen) atoms. The van der Waals surface area contributed by atoms with Crippen molar-refractivity contribution in [2.75, 3.05) is 6.54 Å². The van der Waals surface area contributed by atoms with Crippen LogP contribution in [0, 0.1) is 0 Å². The second kappa shape index (κ2) is 5.32. The Morgan fingerprint density at radius 3 is 2.35 bits per heavy atom. The summed E-state index contributed by atoms with van der Waals surface area (Å²) in [6.07, 6.45) is 0.658. The summed E-state index contributed by atoms with van der Waals surface area (Å²) < 4.78 is 25.5. The fourth-order valence-electron chi connectivity index (χ4n) is 3.00. The molecule has 2 atom stereocenters. The van der Waals surface area contributed by atoms with Crippen molar-refractivity contribution in [1.29, 1.82) is 0 Å². The van der Waals surface area contributed by atoms with Crippen molar-refractivity contribution in [2.24, 2.45) is 0 Å². The fourth-order valence-corrected chi connectivity index (χ4v) is 5.31. The summed E-state index contributed by atoms with van der Waals surface area (Å²) in [4.78, 5) is 2.51. The molecule has 1 heterocycles. The van der Waals surface area contributed by atoms with Gasteiger partial charge in [-0.05, 0) is 46.2 Å². The van der Waals surface area contributed by atoms with E-state index >= 15 is 0 Å². The zero-order valence-electron chi connectivity index (χ0n) is 12.4. The summed E-state index contributed by atoms with van der Waals surface area (Å²) in [5.74, 6) is 0. The molecule has 1 fully saturated rings. The van der Waals surface area contributed by atoms with Crippen molar-refractivity contribution in [3.63, 3.8) is 0 Å². The topological polar surface area (TPSA) is 37.4 Å². The van der Waals surface area contributed by atoms with Gasteiger partial charge in [-0.3, -0.25) is 4.90 Å². The van der Waals surface area contributed by atoms with Gasteiger partial charge in [0.05, 0.1) is 15.2 Å². The molecule has 0 aromatic heterocycles. The third-order valence-corrected chi connectivity index (χ3v) is 6.61. The molecule has 1 aliphatic heterocycles. The van der Waals surface area contributed by atoms with E-state index in [9.17, 15) is 8.42 Å². The minimum Gasteiger partial charge on any atom is -0.294 e. The summed E-state index contributed by atoms with van der Waals surface area (Å²) in [5, 5.41) is -0.0639. The Morgan fingerprint density at radius 1 is 1.25 bits per heavy atom. The van der Waals surface area contributed by atoms with Crippen molar-refractivity contribution in [3.05, 3.63) is 29.3 Å². The molecule has 112 valence electrons. The number of rotatable bonds is 2. The molecule has 0 N–H and O–H groups in total. The molecule has 0 bridgehead atoms. The third kappa shape index (κ3) is 2.87. The first kappa shape index (κ1) is 15.8. The van der Waals surface area contributed by atoms with Gasteiger partial charge in [-0.1, -0.05) is 23.7 Å². The van der Waals surface area contributed by atoms with E-state index in [0.717, 1.165) is 0 Å². The zero-order valence-corrected chi connectivity index (χ0v) is 14.0. The molecular formula is C15H22ClNO2S. The molecule has 0 radical (unpaired) electrons. The molecule has 0 spiro atoms. The van der Waals surface area contributed by atoms with Crippen LogP contribution < -0.4 is 0 Å². The van der Waals surface area contributed by atoms with Crippen molar-refractivity contribution < 1.29 is 8.42 Å². The van der Waals surface area contributed by atoms with Crippen molar-refractivity contribution >= 4 is 21.4 Å². The largest absolute Gasteiger partial charge is 0.294 e. The smallest absolute Gasteiger partial charge is 0.184 e. The van der Waals surface area contributed by atoms with E-state index in [4.69, 9.17) is 11.6 Å². The van der Waals surface area contributed by atoms with Crippen molar-refractivity contribution in [2.45, 2.75) is 55.8 Å². The summed E-state index contributed by atoms with van der Waals surface area (Å²) in [6.45, 7) is 9.02. The van der Waals surface area contributed by atoms with Crippen LogP contribution in [0.5, 0.6) is 0 Å². The van der Waals surface area contributed by atoms with Crippen LogP contribution in [0.3, 0.4) is 0 Å². The van der Waals surface area contributed by atoms with Crippen LogP contribution in [0.2, 0.25) is 5.02 Å². The van der Waals surface area contributed by atoms with Crippen molar-refractivity contribution in [3.8, 4) is 0 Å². The minimum absolute atomic E-state index is 0.0236. The SMILES string of the molecule is C[C@H]1C[C@@H](S(=O)(=O)c2ccccc2Cl)CN1C(C)(C)C. The van der Waals surface area contributed by atoms with Gasteiger partial charge in [-0.25, -0.2) is 8.42 Å². The van der Waals surface area contributed by atoms with Crippen LogP contribution in [-0.2, 0) is 9.84 Å². The Morgan fingerprint density at radius 2 is 1.85 bits per heavy atom. The standard InChI is InChI=1S/C15H22ClNO2S/c1-11-9-12(10-17(11)15(2,3)4)20(18,19)14-8-6-5-7-13(14)16/h5-8,11-12H,9-10H2,1-4H3/t11-,12+/m0/s1. The minimum atomic E-state index is -3.37. The average molecular weight is 316 g/mol. The van der Waals surface area contributed by atoms with Crippen LogP contribution in [-0.4, -0.2) is 36.7 Å². The van der Waals surface area contributed by atoms with E-state index in [2.05, 4.69) is 32.6 Å². The number of nitrogens with zero attached hydrogens (tertiary/aromatic N) is 1. The number of sulfone groups is 1. The van der Waals surface area contributed by atoms with E-state index in [-0.39, 0.29) is 21.7 Å². The van der Waals surface area contributed by atoms with Gasteiger partial charge in [0.1, 0.15) is 0 Å². The van der Waals surface area contributed by atoms with Gasteiger partial charge >= 0.3 is 0 Å². The third-order valence-electron chi connectivity index (χ3n) is 3.98. The Kier molecular flexibility index (Phi) is 4.20. The quantitative estimate of drug-likeness (QED) is 0.839. The highest BCUT2D eigenvalue weighted by atomic mass is 35.5. The number of benzene rings is 1. The summed E-state index contributed by atoms with van der Waals surface area (Å²) in [7, 11) is -3.37. The molecule has 5 heteroatoms. The molecule has 3 nitrogen and oxygen atoms in total. The molecule has 2 rings (SSSR count).